The van der Waals surface area contributed by atoms with Gasteiger partial charge in [-0.25, -0.2) is 4.79 Å². The highest BCUT2D eigenvalue weighted by atomic mass is 16.6. The van der Waals surface area contributed by atoms with Crippen LogP contribution in [0.1, 0.15) is 40.5 Å². The quantitative estimate of drug-likeness (QED) is 0.506. The molecule has 0 aliphatic rings. The van der Waals surface area contributed by atoms with Crippen molar-refractivity contribution in [3.05, 3.63) is 0 Å². The molecule has 6 heteroatoms. The number of nitrogens with zero attached hydrogens (tertiary/aromatic N) is 1. The van der Waals surface area contributed by atoms with Gasteiger partial charge in [-0.1, -0.05) is 6.92 Å². The van der Waals surface area contributed by atoms with E-state index < -0.39 is 5.60 Å². The molecular weight excluding hydrogens is 262 g/mol. The van der Waals surface area contributed by atoms with E-state index in [-0.39, 0.29) is 18.7 Å². The molecule has 0 heterocycles. The van der Waals surface area contributed by atoms with Crippen LogP contribution in [0.25, 0.3) is 0 Å². The number of carbonyl (C=O) groups excluding carboxylic acids is 2. The number of likely N-dealkylation sites (N-methyl/N-ethyl adjacent to an activating group) is 1. The molecule has 0 aliphatic heterocycles. The summed E-state index contributed by atoms with van der Waals surface area (Å²) in [5.41, 5.74) is -0.500. The number of hydrogen-bond donors (Lipinski definition) is 0. The van der Waals surface area contributed by atoms with E-state index in [4.69, 9.17) is 14.2 Å². The molecule has 1 amide bonds. The lowest BCUT2D eigenvalue weighted by atomic mass is 10.2. The zero-order valence-corrected chi connectivity index (χ0v) is 13.2. The van der Waals surface area contributed by atoms with Gasteiger partial charge in [-0.3, -0.25) is 4.79 Å². The Morgan fingerprint density at radius 2 is 1.75 bits per heavy atom. The van der Waals surface area contributed by atoms with Crippen molar-refractivity contribution in [1.29, 1.82) is 0 Å². The fourth-order valence-corrected chi connectivity index (χ4v) is 1.23. The van der Waals surface area contributed by atoms with Gasteiger partial charge >= 0.3 is 12.1 Å². The Balaban J connectivity index is 3.60. The van der Waals surface area contributed by atoms with Crippen molar-refractivity contribution >= 4 is 12.1 Å². The lowest BCUT2D eigenvalue weighted by molar-refractivity contribution is -0.145. The number of rotatable bonds is 8. The number of ether oxygens (including phenoxy) is 3. The standard InChI is InChI=1S/C14H27NO5/c1-6-7-12(16)19-11-10-18-9-8-15(5)13(17)20-14(2,3)4/h6-11H2,1-5H3. The van der Waals surface area contributed by atoms with Gasteiger partial charge < -0.3 is 19.1 Å². The largest absolute Gasteiger partial charge is 0.463 e. The zero-order chi connectivity index (χ0) is 15.6. The molecule has 0 aliphatic carbocycles. The normalized spacial score (nSPS) is 11.1. The summed E-state index contributed by atoms with van der Waals surface area (Å²) in [6, 6.07) is 0. The van der Waals surface area contributed by atoms with E-state index in [1.54, 1.807) is 7.05 Å². The van der Waals surface area contributed by atoms with Gasteiger partial charge in [-0.05, 0) is 27.2 Å². The monoisotopic (exact) mass is 289 g/mol. The molecule has 0 fully saturated rings. The Labute approximate surface area is 121 Å². The van der Waals surface area contributed by atoms with Crippen LogP contribution >= 0.6 is 0 Å². The van der Waals surface area contributed by atoms with Crippen molar-refractivity contribution in [3.8, 4) is 0 Å². The Hall–Kier alpha value is -1.30. The Kier molecular flexibility index (Phi) is 8.96. The molecular formula is C14H27NO5. The van der Waals surface area contributed by atoms with E-state index in [0.717, 1.165) is 6.42 Å². The second kappa shape index (κ2) is 9.58. The molecule has 0 spiro atoms. The Morgan fingerprint density at radius 3 is 2.30 bits per heavy atom. The van der Waals surface area contributed by atoms with E-state index in [9.17, 15) is 9.59 Å². The first kappa shape index (κ1) is 18.7. The fourth-order valence-electron chi connectivity index (χ4n) is 1.23. The molecule has 0 aromatic carbocycles. The van der Waals surface area contributed by atoms with Crippen molar-refractivity contribution in [3.63, 3.8) is 0 Å². The van der Waals surface area contributed by atoms with Gasteiger partial charge in [0, 0.05) is 20.0 Å². The van der Waals surface area contributed by atoms with Crippen LogP contribution in [0.5, 0.6) is 0 Å². The van der Waals surface area contributed by atoms with Crippen LogP contribution in [-0.2, 0) is 19.0 Å². The molecule has 0 saturated carbocycles. The number of carbonyl (C=O) groups is 2. The molecule has 0 unspecified atom stereocenters. The van der Waals surface area contributed by atoms with Gasteiger partial charge in [0.15, 0.2) is 0 Å². The van der Waals surface area contributed by atoms with Gasteiger partial charge in [0.2, 0.25) is 0 Å². The molecule has 0 saturated heterocycles. The zero-order valence-electron chi connectivity index (χ0n) is 13.2. The lowest BCUT2D eigenvalue weighted by Crippen LogP contribution is -2.36. The SMILES string of the molecule is CCCC(=O)OCCOCCN(C)C(=O)OC(C)(C)C. The van der Waals surface area contributed by atoms with Gasteiger partial charge in [-0.15, -0.1) is 0 Å². The minimum atomic E-state index is -0.500. The average molecular weight is 289 g/mol. The summed E-state index contributed by atoms with van der Waals surface area (Å²) < 4.78 is 15.4. The van der Waals surface area contributed by atoms with Gasteiger partial charge in [-0.2, -0.15) is 0 Å². The van der Waals surface area contributed by atoms with Gasteiger partial charge in [0.05, 0.1) is 13.2 Å². The van der Waals surface area contributed by atoms with Gasteiger partial charge in [0.25, 0.3) is 0 Å². The number of amides is 1. The second-order valence-electron chi connectivity index (χ2n) is 5.48. The molecule has 6 nitrogen and oxygen atoms in total. The molecule has 0 radical (unpaired) electrons. The van der Waals surface area contributed by atoms with Crippen LogP contribution in [0.15, 0.2) is 0 Å². The maximum atomic E-state index is 11.6. The van der Waals surface area contributed by atoms with Crippen LogP contribution < -0.4 is 0 Å². The molecule has 0 aromatic heterocycles. The molecule has 0 rings (SSSR count). The average Bonchev–Trinajstić information content (AvgIpc) is 2.31. The lowest BCUT2D eigenvalue weighted by Gasteiger charge is -2.24. The first-order chi connectivity index (χ1) is 9.26. The van der Waals surface area contributed by atoms with Crippen molar-refractivity contribution in [1.82, 2.24) is 4.90 Å². The Morgan fingerprint density at radius 1 is 1.10 bits per heavy atom. The molecule has 20 heavy (non-hydrogen) atoms. The topological polar surface area (TPSA) is 65.1 Å². The summed E-state index contributed by atoms with van der Waals surface area (Å²) in [6.07, 6.45) is 0.831. The van der Waals surface area contributed by atoms with E-state index >= 15 is 0 Å². The predicted octanol–water partition coefficient (Wildman–Crippen LogP) is 2.21. The summed E-state index contributed by atoms with van der Waals surface area (Å²) in [7, 11) is 1.65. The van der Waals surface area contributed by atoms with Crippen LogP contribution in [0.4, 0.5) is 4.79 Å². The highest BCUT2D eigenvalue weighted by Crippen LogP contribution is 2.08. The minimum Gasteiger partial charge on any atom is -0.463 e. The maximum absolute atomic E-state index is 11.6. The van der Waals surface area contributed by atoms with Crippen molar-refractivity contribution < 1.29 is 23.8 Å². The summed E-state index contributed by atoms with van der Waals surface area (Å²) in [6.45, 7) is 8.76. The predicted molar refractivity (Wildman–Crippen MR) is 75.6 cm³/mol. The number of esters is 1. The molecule has 0 aromatic rings. The van der Waals surface area contributed by atoms with Crippen molar-refractivity contribution in [2.24, 2.45) is 0 Å². The molecule has 118 valence electrons. The molecule has 0 bridgehead atoms. The third kappa shape index (κ3) is 10.6. The third-order valence-electron chi connectivity index (χ3n) is 2.22. The van der Waals surface area contributed by atoms with Crippen LogP contribution in [-0.4, -0.2) is 56.0 Å². The molecule has 0 N–H and O–H groups in total. The van der Waals surface area contributed by atoms with Crippen LogP contribution in [0.2, 0.25) is 0 Å². The number of hydrogen-bond acceptors (Lipinski definition) is 5. The summed E-state index contributed by atoms with van der Waals surface area (Å²) in [4.78, 5) is 24.1. The fraction of sp³-hybridized carbons (Fsp3) is 0.857. The van der Waals surface area contributed by atoms with Crippen molar-refractivity contribution in [2.75, 3.05) is 33.4 Å². The Bertz CT molecular complexity index is 298. The maximum Gasteiger partial charge on any atom is 0.410 e. The summed E-state index contributed by atoms with van der Waals surface area (Å²) >= 11 is 0. The highest BCUT2D eigenvalue weighted by Gasteiger charge is 2.19. The summed E-state index contributed by atoms with van der Waals surface area (Å²) in [5, 5.41) is 0. The second-order valence-corrected chi connectivity index (χ2v) is 5.48. The van der Waals surface area contributed by atoms with Gasteiger partial charge in [0.1, 0.15) is 12.2 Å². The van der Waals surface area contributed by atoms with E-state index in [1.807, 2.05) is 27.7 Å². The minimum absolute atomic E-state index is 0.207. The van der Waals surface area contributed by atoms with E-state index in [2.05, 4.69) is 0 Å². The van der Waals surface area contributed by atoms with Crippen LogP contribution in [0.3, 0.4) is 0 Å². The van der Waals surface area contributed by atoms with Crippen LogP contribution in [0, 0.1) is 0 Å². The van der Waals surface area contributed by atoms with E-state index in [0.29, 0.717) is 26.2 Å². The smallest absolute Gasteiger partial charge is 0.410 e. The third-order valence-corrected chi connectivity index (χ3v) is 2.22. The molecule has 0 atom stereocenters. The van der Waals surface area contributed by atoms with E-state index in [1.165, 1.54) is 4.90 Å². The van der Waals surface area contributed by atoms with Crippen molar-refractivity contribution in [2.45, 2.75) is 46.1 Å². The highest BCUT2D eigenvalue weighted by molar-refractivity contribution is 5.69. The first-order valence-electron chi connectivity index (χ1n) is 6.93. The first-order valence-corrected chi connectivity index (χ1v) is 6.93. The summed E-state index contributed by atoms with van der Waals surface area (Å²) in [5.74, 6) is -0.207.